The third-order valence-electron chi connectivity index (χ3n) is 3.96. The maximum Gasteiger partial charge on any atom is 0.0591 e. The molecule has 1 aromatic heterocycles. The van der Waals surface area contributed by atoms with Crippen molar-refractivity contribution in [3.05, 3.63) is 30.1 Å². The maximum absolute atomic E-state index is 5.79. The van der Waals surface area contributed by atoms with Gasteiger partial charge in [-0.05, 0) is 44.4 Å². The molecule has 1 aliphatic heterocycles. The van der Waals surface area contributed by atoms with Gasteiger partial charge in [-0.2, -0.15) is 0 Å². The van der Waals surface area contributed by atoms with Crippen molar-refractivity contribution in [2.75, 3.05) is 13.2 Å². The number of aromatic nitrogens is 1. The van der Waals surface area contributed by atoms with Crippen LogP contribution in [0.5, 0.6) is 0 Å². The second-order valence-corrected chi connectivity index (χ2v) is 5.47. The molecule has 0 aliphatic carbocycles. The molecule has 1 aliphatic rings. The lowest BCUT2D eigenvalue weighted by molar-refractivity contribution is 0.0918. The van der Waals surface area contributed by atoms with Gasteiger partial charge in [0, 0.05) is 30.5 Å². The number of nitrogens with one attached hydrogen (secondary N) is 1. The molecule has 19 heavy (non-hydrogen) atoms. The molecule has 3 unspecified atom stereocenters. The molecule has 0 radical (unpaired) electrons. The largest absolute Gasteiger partial charge is 0.378 e. The molecule has 3 heteroatoms. The first-order chi connectivity index (χ1) is 9.31. The summed E-state index contributed by atoms with van der Waals surface area (Å²) < 4.78 is 5.79. The van der Waals surface area contributed by atoms with Crippen molar-refractivity contribution in [1.29, 1.82) is 0 Å². The van der Waals surface area contributed by atoms with Gasteiger partial charge in [0.1, 0.15) is 0 Å². The Kier molecular flexibility index (Phi) is 5.80. The van der Waals surface area contributed by atoms with Crippen LogP contribution in [0, 0.1) is 0 Å². The zero-order chi connectivity index (χ0) is 13.5. The van der Waals surface area contributed by atoms with Gasteiger partial charge in [0.15, 0.2) is 0 Å². The van der Waals surface area contributed by atoms with E-state index < -0.39 is 0 Å². The van der Waals surface area contributed by atoms with E-state index in [9.17, 15) is 0 Å². The van der Waals surface area contributed by atoms with E-state index in [0.29, 0.717) is 18.1 Å². The molecule has 0 amide bonds. The Bertz CT molecular complexity index is 349. The van der Waals surface area contributed by atoms with Crippen LogP contribution < -0.4 is 5.32 Å². The number of pyridine rings is 1. The van der Waals surface area contributed by atoms with Crippen LogP contribution in [0.3, 0.4) is 0 Å². The Labute approximate surface area is 116 Å². The van der Waals surface area contributed by atoms with E-state index >= 15 is 0 Å². The molecular formula is C16H26N2O. The third-order valence-corrected chi connectivity index (χ3v) is 3.96. The summed E-state index contributed by atoms with van der Waals surface area (Å²) in [5.41, 5.74) is 1.18. The highest BCUT2D eigenvalue weighted by molar-refractivity contribution is 5.11. The van der Waals surface area contributed by atoms with Crippen LogP contribution in [-0.2, 0) is 4.74 Å². The lowest BCUT2D eigenvalue weighted by atomic mass is 9.92. The molecular weight excluding hydrogens is 236 g/mol. The molecule has 0 aromatic carbocycles. The molecule has 2 heterocycles. The summed E-state index contributed by atoms with van der Waals surface area (Å²) in [5.74, 6) is 0.428. The fraction of sp³-hybridized carbons (Fsp3) is 0.688. The SMILES string of the molecule is CCCNC(CC1CCCO1)C(C)c1ccccn1. The average molecular weight is 262 g/mol. The van der Waals surface area contributed by atoms with E-state index in [1.54, 1.807) is 0 Å². The third kappa shape index (κ3) is 4.29. The normalized spacial score (nSPS) is 22.3. The molecule has 2 rings (SSSR count). The van der Waals surface area contributed by atoms with Crippen molar-refractivity contribution in [3.63, 3.8) is 0 Å². The van der Waals surface area contributed by atoms with E-state index in [0.717, 1.165) is 26.0 Å². The molecule has 106 valence electrons. The Morgan fingerprint density at radius 3 is 3.00 bits per heavy atom. The van der Waals surface area contributed by atoms with Gasteiger partial charge < -0.3 is 10.1 Å². The summed E-state index contributed by atoms with van der Waals surface area (Å²) in [6, 6.07) is 6.63. The second-order valence-electron chi connectivity index (χ2n) is 5.47. The van der Waals surface area contributed by atoms with Gasteiger partial charge in [0.05, 0.1) is 6.10 Å². The standard InChI is InChI=1S/C16H26N2O/c1-3-9-17-16(12-14-7-6-11-19-14)13(2)15-8-4-5-10-18-15/h4-5,8,10,13-14,16-17H,3,6-7,9,11-12H2,1-2H3. The van der Waals surface area contributed by atoms with Crippen LogP contribution >= 0.6 is 0 Å². The minimum absolute atomic E-state index is 0.428. The fourth-order valence-electron chi connectivity index (χ4n) is 2.76. The van der Waals surface area contributed by atoms with Crippen molar-refractivity contribution in [2.45, 2.75) is 57.6 Å². The Morgan fingerprint density at radius 2 is 2.37 bits per heavy atom. The molecule has 0 spiro atoms. The number of hydrogen-bond acceptors (Lipinski definition) is 3. The van der Waals surface area contributed by atoms with E-state index in [2.05, 4.69) is 36.3 Å². The van der Waals surface area contributed by atoms with E-state index in [1.165, 1.54) is 18.5 Å². The predicted molar refractivity (Wildman–Crippen MR) is 78.3 cm³/mol. The van der Waals surface area contributed by atoms with Crippen LogP contribution in [0.4, 0.5) is 0 Å². The van der Waals surface area contributed by atoms with Crippen LogP contribution in [-0.4, -0.2) is 30.3 Å². The second kappa shape index (κ2) is 7.61. The van der Waals surface area contributed by atoms with Gasteiger partial charge in [0.25, 0.3) is 0 Å². The number of rotatable bonds is 7. The van der Waals surface area contributed by atoms with Gasteiger partial charge in [-0.3, -0.25) is 4.98 Å². The molecule has 1 N–H and O–H groups in total. The van der Waals surface area contributed by atoms with Crippen molar-refractivity contribution < 1.29 is 4.74 Å². The van der Waals surface area contributed by atoms with E-state index in [1.807, 2.05) is 12.3 Å². The molecule has 1 saturated heterocycles. The molecule has 3 nitrogen and oxygen atoms in total. The molecule has 1 fully saturated rings. The maximum atomic E-state index is 5.79. The minimum atomic E-state index is 0.428. The smallest absolute Gasteiger partial charge is 0.0591 e. The highest BCUT2D eigenvalue weighted by atomic mass is 16.5. The molecule has 0 saturated carbocycles. The van der Waals surface area contributed by atoms with Gasteiger partial charge in [-0.1, -0.05) is 19.9 Å². The van der Waals surface area contributed by atoms with Gasteiger partial charge >= 0.3 is 0 Å². The van der Waals surface area contributed by atoms with Crippen molar-refractivity contribution in [3.8, 4) is 0 Å². The number of ether oxygens (including phenoxy) is 1. The fourth-order valence-corrected chi connectivity index (χ4v) is 2.76. The van der Waals surface area contributed by atoms with Crippen molar-refractivity contribution in [2.24, 2.45) is 0 Å². The number of hydrogen-bond donors (Lipinski definition) is 1. The lowest BCUT2D eigenvalue weighted by Crippen LogP contribution is -2.37. The zero-order valence-electron chi connectivity index (χ0n) is 12.1. The van der Waals surface area contributed by atoms with Gasteiger partial charge in [-0.25, -0.2) is 0 Å². The average Bonchev–Trinajstić information content (AvgIpc) is 2.96. The van der Waals surface area contributed by atoms with Crippen LogP contribution in [0.1, 0.15) is 51.1 Å². The first-order valence-corrected chi connectivity index (χ1v) is 7.57. The van der Waals surface area contributed by atoms with E-state index in [4.69, 9.17) is 4.74 Å². The summed E-state index contributed by atoms with van der Waals surface area (Å²) in [6.07, 6.45) is 6.99. The zero-order valence-corrected chi connectivity index (χ0v) is 12.1. The highest BCUT2D eigenvalue weighted by Crippen LogP contribution is 2.25. The Hall–Kier alpha value is -0.930. The monoisotopic (exact) mass is 262 g/mol. The quantitative estimate of drug-likeness (QED) is 0.820. The molecule has 3 atom stereocenters. The lowest BCUT2D eigenvalue weighted by Gasteiger charge is -2.27. The van der Waals surface area contributed by atoms with Gasteiger partial charge in [0.2, 0.25) is 0 Å². The Balaban J connectivity index is 1.98. The summed E-state index contributed by atoms with van der Waals surface area (Å²) in [4.78, 5) is 4.50. The van der Waals surface area contributed by atoms with Gasteiger partial charge in [-0.15, -0.1) is 0 Å². The van der Waals surface area contributed by atoms with Crippen molar-refractivity contribution >= 4 is 0 Å². The summed E-state index contributed by atoms with van der Waals surface area (Å²) in [7, 11) is 0. The summed E-state index contributed by atoms with van der Waals surface area (Å²) in [5, 5.41) is 3.67. The first kappa shape index (κ1) is 14.5. The topological polar surface area (TPSA) is 34.1 Å². The van der Waals surface area contributed by atoms with Crippen LogP contribution in [0.2, 0.25) is 0 Å². The summed E-state index contributed by atoms with van der Waals surface area (Å²) >= 11 is 0. The Morgan fingerprint density at radius 1 is 1.47 bits per heavy atom. The predicted octanol–water partition coefficient (Wildman–Crippen LogP) is 3.12. The van der Waals surface area contributed by atoms with Crippen molar-refractivity contribution in [1.82, 2.24) is 10.3 Å². The first-order valence-electron chi connectivity index (χ1n) is 7.57. The van der Waals surface area contributed by atoms with Crippen LogP contribution in [0.15, 0.2) is 24.4 Å². The molecule has 0 bridgehead atoms. The van der Waals surface area contributed by atoms with Crippen LogP contribution in [0.25, 0.3) is 0 Å². The number of nitrogens with zero attached hydrogens (tertiary/aromatic N) is 1. The molecule has 1 aromatic rings. The minimum Gasteiger partial charge on any atom is -0.378 e. The summed E-state index contributed by atoms with van der Waals surface area (Å²) in [6.45, 7) is 6.48. The van der Waals surface area contributed by atoms with E-state index in [-0.39, 0.29) is 0 Å². The highest BCUT2D eigenvalue weighted by Gasteiger charge is 2.25.